The van der Waals surface area contributed by atoms with Crippen LogP contribution in [0.3, 0.4) is 0 Å². The Balaban J connectivity index is 1.46. The highest BCUT2D eigenvalue weighted by molar-refractivity contribution is 14.1. The molecule has 8 heteroatoms. The van der Waals surface area contributed by atoms with Gasteiger partial charge in [0, 0.05) is 5.56 Å². The first kappa shape index (κ1) is 25.5. The summed E-state index contributed by atoms with van der Waals surface area (Å²) in [6.07, 6.45) is 1.45. The molecule has 4 aromatic rings. The highest BCUT2D eigenvalue weighted by atomic mass is 127. The van der Waals surface area contributed by atoms with Gasteiger partial charge in [-0.3, -0.25) is 14.9 Å². The van der Waals surface area contributed by atoms with Crippen molar-refractivity contribution >= 4 is 63.0 Å². The van der Waals surface area contributed by atoms with Crippen LogP contribution in [0, 0.1) is 10.5 Å². The van der Waals surface area contributed by atoms with Gasteiger partial charge in [0.25, 0.3) is 11.8 Å². The van der Waals surface area contributed by atoms with Crippen LogP contribution >= 0.6 is 22.6 Å². The summed E-state index contributed by atoms with van der Waals surface area (Å²) in [4.78, 5) is 39.1. The zero-order chi connectivity index (χ0) is 26.8. The minimum atomic E-state index is -0.789. The van der Waals surface area contributed by atoms with Crippen molar-refractivity contribution < 1.29 is 23.9 Å². The zero-order valence-electron chi connectivity index (χ0n) is 20.7. The summed E-state index contributed by atoms with van der Waals surface area (Å²) in [5.74, 6) is -0.442. The summed E-state index contributed by atoms with van der Waals surface area (Å²) in [5.41, 5.74) is 2.97. The Hall–Kier alpha value is -4.18. The number of rotatable bonds is 6. The number of nitrogens with one attached hydrogen (secondary N) is 1. The Morgan fingerprint density at radius 1 is 0.947 bits per heavy atom. The van der Waals surface area contributed by atoms with Gasteiger partial charge in [0.1, 0.15) is 12.2 Å². The molecule has 4 aromatic carbocycles. The van der Waals surface area contributed by atoms with Crippen LogP contribution in [0.4, 0.5) is 10.5 Å². The molecule has 1 aliphatic rings. The number of fused-ring (bicyclic) bond motifs is 1. The molecule has 190 valence electrons. The Morgan fingerprint density at radius 2 is 1.68 bits per heavy atom. The molecule has 0 saturated carbocycles. The summed E-state index contributed by atoms with van der Waals surface area (Å²) in [5, 5.41) is 4.51. The van der Waals surface area contributed by atoms with Crippen LogP contribution in [0.1, 0.15) is 16.7 Å². The molecular formula is C30H23IN2O5. The van der Waals surface area contributed by atoms with Crippen molar-refractivity contribution in [1.82, 2.24) is 5.32 Å². The molecule has 0 aliphatic carbocycles. The number of hydrogen-bond donors (Lipinski definition) is 1. The average molecular weight is 618 g/mol. The quantitative estimate of drug-likeness (QED) is 0.163. The van der Waals surface area contributed by atoms with E-state index in [0.717, 1.165) is 30.4 Å². The maximum absolute atomic E-state index is 13.2. The lowest BCUT2D eigenvalue weighted by atomic mass is 10.0. The van der Waals surface area contributed by atoms with Gasteiger partial charge in [0.05, 0.1) is 16.4 Å². The molecule has 1 fully saturated rings. The molecule has 0 unspecified atom stereocenters. The molecule has 38 heavy (non-hydrogen) atoms. The Kier molecular flexibility index (Phi) is 7.15. The summed E-state index contributed by atoms with van der Waals surface area (Å²) >= 11 is 2.14. The predicted octanol–water partition coefficient (Wildman–Crippen LogP) is 6.01. The molecule has 0 bridgehead atoms. The van der Waals surface area contributed by atoms with Crippen molar-refractivity contribution in [1.29, 1.82) is 0 Å². The molecule has 0 radical (unpaired) electrons. The van der Waals surface area contributed by atoms with E-state index in [1.54, 1.807) is 42.5 Å². The number of aryl methyl sites for hydroxylation is 1. The second-order valence-electron chi connectivity index (χ2n) is 8.70. The Bertz CT molecular complexity index is 1610. The SMILES string of the molecule is COc1cc(/C=C2\C(=O)NC(=O)N(c3ccccc3)C2=O)cc(I)c1OCc1c(C)ccc2ccccc12. The van der Waals surface area contributed by atoms with E-state index >= 15 is 0 Å². The smallest absolute Gasteiger partial charge is 0.335 e. The van der Waals surface area contributed by atoms with E-state index in [0.29, 0.717) is 29.4 Å². The zero-order valence-corrected chi connectivity index (χ0v) is 22.8. The van der Waals surface area contributed by atoms with E-state index in [2.05, 4.69) is 59.1 Å². The van der Waals surface area contributed by atoms with Crippen molar-refractivity contribution in [3.8, 4) is 11.5 Å². The topological polar surface area (TPSA) is 84.9 Å². The van der Waals surface area contributed by atoms with Crippen molar-refractivity contribution in [2.75, 3.05) is 12.0 Å². The minimum Gasteiger partial charge on any atom is -0.493 e. The normalized spacial score (nSPS) is 14.7. The number of barbiturate groups is 1. The third-order valence-electron chi connectivity index (χ3n) is 6.31. The molecule has 0 aromatic heterocycles. The van der Waals surface area contributed by atoms with Gasteiger partial charge >= 0.3 is 6.03 Å². The van der Waals surface area contributed by atoms with E-state index < -0.39 is 17.8 Å². The lowest BCUT2D eigenvalue weighted by Crippen LogP contribution is -2.54. The Morgan fingerprint density at radius 3 is 2.45 bits per heavy atom. The van der Waals surface area contributed by atoms with Gasteiger partial charge in [-0.25, -0.2) is 9.69 Å². The minimum absolute atomic E-state index is 0.161. The predicted molar refractivity (Wildman–Crippen MR) is 154 cm³/mol. The maximum Gasteiger partial charge on any atom is 0.335 e. The maximum atomic E-state index is 13.2. The molecule has 1 heterocycles. The summed E-state index contributed by atoms with van der Waals surface area (Å²) in [6, 6.07) is 23.5. The van der Waals surface area contributed by atoms with Gasteiger partial charge in [-0.15, -0.1) is 0 Å². The highest BCUT2D eigenvalue weighted by Gasteiger charge is 2.36. The first-order chi connectivity index (χ1) is 18.4. The number of benzene rings is 4. The third-order valence-corrected chi connectivity index (χ3v) is 7.12. The number of carbonyl (C=O) groups is 3. The molecule has 1 N–H and O–H groups in total. The number of para-hydroxylation sites is 1. The first-order valence-electron chi connectivity index (χ1n) is 11.8. The van der Waals surface area contributed by atoms with E-state index in [4.69, 9.17) is 9.47 Å². The fourth-order valence-electron chi connectivity index (χ4n) is 4.38. The Labute approximate surface area is 233 Å². The molecule has 4 amide bonds. The molecular weight excluding hydrogens is 595 g/mol. The van der Waals surface area contributed by atoms with Crippen molar-refractivity contribution in [3.05, 3.63) is 105 Å². The molecule has 5 rings (SSSR count). The number of methoxy groups -OCH3 is 1. The number of amides is 4. The number of anilines is 1. The van der Waals surface area contributed by atoms with Crippen LogP contribution in [0.25, 0.3) is 16.8 Å². The van der Waals surface area contributed by atoms with Crippen molar-refractivity contribution in [2.24, 2.45) is 0 Å². The lowest BCUT2D eigenvalue weighted by Gasteiger charge is -2.26. The number of carbonyl (C=O) groups excluding carboxylic acids is 3. The van der Waals surface area contributed by atoms with Crippen molar-refractivity contribution in [3.63, 3.8) is 0 Å². The fraction of sp³-hybridized carbons (Fsp3) is 0.100. The molecule has 7 nitrogen and oxygen atoms in total. The van der Waals surface area contributed by atoms with Crippen LogP contribution in [-0.4, -0.2) is 25.0 Å². The third kappa shape index (κ3) is 4.87. The molecule has 0 atom stereocenters. The van der Waals surface area contributed by atoms with Crippen LogP contribution in [0.5, 0.6) is 11.5 Å². The molecule has 1 aliphatic heterocycles. The summed E-state index contributed by atoms with van der Waals surface area (Å²) < 4.78 is 12.6. The number of urea groups is 1. The van der Waals surface area contributed by atoms with E-state index in [1.807, 2.05) is 12.1 Å². The van der Waals surface area contributed by atoms with Crippen LogP contribution in [0.15, 0.2) is 84.4 Å². The molecule has 0 spiro atoms. The van der Waals surface area contributed by atoms with Crippen molar-refractivity contribution in [2.45, 2.75) is 13.5 Å². The second kappa shape index (κ2) is 10.7. The summed E-state index contributed by atoms with van der Waals surface area (Å²) in [7, 11) is 1.53. The average Bonchev–Trinajstić information content (AvgIpc) is 2.91. The van der Waals surface area contributed by atoms with Gasteiger partial charge in [0.2, 0.25) is 0 Å². The number of halogens is 1. The van der Waals surface area contributed by atoms with Gasteiger partial charge in [-0.1, -0.05) is 54.6 Å². The van der Waals surface area contributed by atoms with Gasteiger partial charge < -0.3 is 9.47 Å². The largest absolute Gasteiger partial charge is 0.493 e. The monoisotopic (exact) mass is 618 g/mol. The number of imide groups is 2. The highest BCUT2D eigenvalue weighted by Crippen LogP contribution is 2.36. The van der Waals surface area contributed by atoms with Gasteiger partial charge in [0.15, 0.2) is 11.5 Å². The van der Waals surface area contributed by atoms with E-state index in [-0.39, 0.29) is 5.57 Å². The van der Waals surface area contributed by atoms with Crippen LogP contribution in [0.2, 0.25) is 0 Å². The second-order valence-corrected chi connectivity index (χ2v) is 9.86. The van der Waals surface area contributed by atoms with Gasteiger partial charge in [-0.05, 0) is 81.8 Å². The molecule has 1 saturated heterocycles. The lowest BCUT2D eigenvalue weighted by molar-refractivity contribution is -0.122. The standard InChI is InChI=1S/C30H23IN2O5/c1-18-12-13-20-8-6-7-11-22(20)24(18)17-38-27-25(31)15-19(16-26(27)37-2)14-23-28(34)32-30(36)33(29(23)35)21-9-4-3-5-10-21/h3-16H,17H2,1-2H3,(H,32,34,36)/b23-14+. The van der Waals surface area contributed by atoms with E-state index in [1.165, 1.54) is 13.2 Å². The van der Waals surface area contributed by atoms with Crippen LogP contribution in [-0.2, 0) is 16.2 Å². The summed E-state index contributed by atoms with van der Waals surface area (Å²) in [6.45, 7) is 2.40. The van der Waals surface area contributed by atoms with Gasteiger partial charge in [-0.2, -0.15) is 0 Å². The van der Waals surface area contributed by atoms with E-state index in [9.17, 15) is 14.4 Å². The number of nitrogens with zero attached hydrogens (tertiary/aromatic N) is 1. The number of ether oxygens (including phenoxy) is 2. The first-order valence-corrected chi connectivity index (χ1v) is 12.9. The fourth-order valence-corrected chi connectivity index (χ4v) is 5.16. The van der Waals surface area contributed by atoms with Crippen LogP contribution < -0.4 is 19.7 Å². The number of hydrogen-bond acceptors (Lipinski definition) is 5.